The molecule has 3 amide bonds. The molecule has 3 rings (SSSR count). The summed E-state index contributed by atoms with van der Waals surface area (Å²) in [7, 11) is 3.09. The van der Waals surface area contributed by atoms with Gasteiger partial charge < -0.3 is 14.6 Å². The standard InChI is InChI=1S/C23H27N5O3S/c1-4-5-15-28-20(17-11-13-18(31-3)14-12-17)26-27-23(28)32-19(16-9-7-6-8-10-16)21(29)25-22(30)24-2/h6-14,19H,4-5,15H2,1-3H3,(H2,24,25,29,30)/t19-/m0/s1. The Labute approximate surface area is 191 Å². The van der Waals surface area contributed by atoms with Crippen molar-refractivity contribution >= 4 is 23.7 Å². The van der Waals surface area contributed by atoms with Crippen molar-refractivity contribution in [2.75, 3.05) is 14.2 Å². The quantitative estimate of drug-likeness (QED) is 0.475. The number of nitrogens with zero attached hydrogens (tertiary/aromatic N) is 3. The molecule has 32 heavy (non-hydrogen) atoms. The van der Waals surface area contributed by atoms with Gasteiger partial charge in [-0.2, -0.15) is 0 Å². The highest BCUT2D eigenvalue weighted by Crippen LogP contribution is 2.36. The molecule has 2 aromatic carbocycles. The molecule has 1 aromatic heterocycles. The molecule has 8 nitrogen and oxygen atoms in total. The molecule has 9 heteroatoms. The molecule has 1 heterocycles. The van der Waals surface area contributed by atoms with Gasteiger partial charge in [-0.05, 0) is 36.2 Å². The van der Waals surface area contributed by atoms with E-state index in [2.05, 4.69) is 27.8 Å². The zero-order chi connectivity index (χ0) is 22.9. The number of carbonyl (C=O) groups excluding carboxylic acids is 2. The molecule has 0 aliphatic carbocycles. The topological polar surface area (TPSA) is 98.1 Å². The van der Waals surface area contributed by atoms with Crippen molar-refractivity contribution in [3.63, 3.8) is 0 Å². The SMILES string of the molecule is CCCCn1c(S[C@H](C(=O)NC(=O)NC)c2ccccc2)nnc1-c1ccc(OC)cc1. The molecule has 3 aromatic rings. The summed E-state index contributed by atoms with van der Waals surface area (Å²) >= 11 is 1.28. The molecule has 0 spiro atoms. The number of rotatable bonds is 9. The van der Waals surface area contributed by atoms with E-state index in [1.54, 1.807) is 7.11 Å². The first-order valence-corrected chi connectivity index (χ1v) is 11.3. The van der Waals surface area contributed by atoms with E-state index in [9.17, 15) is 9.59 Å². The van der Waals surface area contributed by atoms with Gasteiger partial charge in [-0.15, -0.1) is 10.2 Å². The number of aromatic nitrogens is 3. The second-order valence-corrected chi connectivity index (χ2v) is 8.09. The van der Waals surface area contributed by atoms with Crippen LogP contribution in [0.2, 0.25) is 0 Å². The van der Waals surface area contributed by atoms with Gasteiger partial charge in [0, 0.05) is 19.2 Å². The lowest BCUT2D eigenvalue weighted by molar-refractivity contribution is -0.119. The molecule has 168 valence electrons. The highest BCUT2D eigenvalue weighted by molar-refractivity contribution is 8.00. The second-order valence-electron chi connectivity index (χ2n) is 7.02. The van der Waals surface area contributed by atoms with Gasteiger partial charge in [0.15, 0.2) is 11.0 Å². The molecule has 1 atom stereocenters. The Morgan fingerprint density at radius 1 is 1.09 bits per heavy atom. The summed E-state index contributed by atoms with van der Waals surface area (Å²) in [5, 5.41) is 13.6. The van der Waals surface area contributed by atoms with Crippen molar-refractivity contribution in [2.45, 2.75) is 36.7 Å². The van der Waals surface area contributed by atoms with E-state index < -0.39 is 17.2 Å². The first-order chi connectivity index (χ1) is 15.6. The van der Waals surface area contributed by atoms with Gasteiger partial charge in [0.2, 0.25) is 5.91 Å². The third-order valence-corrected chi connectivity index (χ3v) is 6.06. The van der Waals surface area contributed by atoms with Gasteiger partial charge in [-0.1, -0.05) is 55.4 Å². The average molecular weight is 454 g/mol. The van der Waals surface area contributed by atoms with E-state index in [4.69, 9.17) is 4.74 Å². The van der Waals surface area contributed by atoms with Crippen molar-refractivity contribution in [1.29, 1.82) is 0 Å². The number of thioether (sulfide) groups is 1. The van der Waals surface area contributed by atoms with Gasteiger partial charge in [-0.3, -0.25) is 10.1 Å². The predicted octanol–water partition coefficient (Wildman–Crippen LogP) is 4.04. The molecule has 0 saturated heterocycles. The number of imide groups is 1. The Balaban J connectivity index is 1.96. The maximum Gasteiger partial charge on any atom is 0.321 e. The van der Waals surface area contributed by atoms with Crippen LogP contribution in [0.1, 0.15) is 30.6 Å². The average Bonchev–Trinajstić information content (AvgIpc) is 3.23. The van der Waals surface area contributed by atoms with Crippen LogP contribution in [0.3, 0.4) is 0 Å². The Kier molecular flexibility index (Phi) is 8.27. The minimum absolute atomic E-state index is 0.420. The number of ether oxygens (including phenoxy) is 1. The van der Waals surface area contributed by atoms with Gasteiger partial charge in [0.05, 0.1) is 7.11 Å². The smallest absolute Gasteiger partial charge is 0.321 e. The van der Waals surface area contributed by atoms with Gasteiger partial charge in [0.25, 0.3) is 0 Å². The Hall–Kier alpha value is -3.33. The fraction of sp³-hybridized carbons (Fsp3) is 0.304. The molecule has 0 saturated carbocycles. The number of nitrogens with one attached hydrogen (secondary N) is 2. The monoisotopic (exact) mass is 453 g/mol. The van der Waals surface area contributed by atoms with E-state index in [1.807, 2.05) is 59.2 Å². The van der Waals surface area contributed by atoms with Crippen LogP contribution in [0.4, 0.5) is 4.79 Å². The van der Waals surface area contributed by atoms with E-state index in [0.29, 0.717) is 11.7 Å². The summed E-state index contributed by atoms with van der Waals surface area (Å²) in [6, 6.07) is 16.4. The maximum absolute atomic E-state index is 12.9. The van der Waals surface area contributed by atoms with Crippen molar-refractivity contribution in [3.05, 3.63) is 60.2 Å². The predicted molar refractivity (Wildman–Crippen MR) is 125 cm³/mol. The Morgan fingerprint density at radius 2 is 1.81 bits per heavy atom. The molecule has 0 bridgehead atoms. The molecule has 2 N–H and O–H groups in total. The third-order valence-electron chi connectivity index (χ3n) is 4.83. The number of hydrogen-bond donors (Lipinski definition) is 2. The number of methoxy groups -OCH3 is 1. The minimum Gasteiger partial charge on any atom is -0.497 e. The largest absolute Gasteiger partial charge is 0.497 e. The number of benzene rings is 2. The van der Waals surface area contributed by atoms with E-state index in [-0.39, 0.29) is 0 Å². The summed E-state index contributed by atoms with van der Waals surface area (Å²) in [5.74, 6) is 1.07. The summed E-state index contributed by atoms with van der Waals surface area (Å²) < 4.78 is 7.28. The van der Waals surface area contributed by atoms with Crippen molar-refractivity contribution in [2.24, 2.45) is 0 Å². The molecule has 0 unspecified atom stereocenters. The van der Waals surface area contributed by atoms with E-state index in [0.717, 1.165) is 35.5 Å². The highest BCUT2D eigenvalue weighted by atomic mass is 32.2. The lowest BCUT2D eigenvalue weighted by atomic mass is 10.1. The van der Waals surface area contributed by atoms with Crippen LogP contribution in [0, 0.1) is 0 Å². The first-order valence-electron chi connectivity index (χ1n) is 10.4. The number of carbonyl (C=O) groups is 2. The molecule has 0 radical (unpaired) electrons. The van der Waals surface area contributed by atoms with Crippen LogP contribution >= 0.6 is 11.8 Å². The van der Waals surface area contributed by atoms with E-state index in [1.165, 1.54) is 18.8 Å². The summed E-state index contributed by atoms with van der Waals surface area (Å²) in [6.07, 6.45) is 1.94. The van der Waals surface area contributed by atoms with Gasteiger partial charge in [-0.25, -0.2) is 4.79 Å². The Bertz CT molecular complexity index is 1040. The Morgan fingerprint density at radius 3 is 2.44 bits per heavy atom. The maximum atomic E-state index is 12.9. The van der Waals surface area contributed by atoms with Crippen LogP contribution < -0.4 is 15.4 Å². The van der Waals surface area contributed by atoms with Crippen molar-refractivity contribution < 1.29 is 14.3 Å². The van der Waals surface area contributed by atoms with Gasteiger partial charge in [0.1, 0.15) is 11.0 Å². The summed E-state index contributed by atoms with van der Waals surface area (Å²) in [5.41, 5.74) is 1.68. The van der Waals surface area contributed by atoms with Crippen LogP contribution in [0.25, 0.3) is 11.4 Å². The first kappa shape index (κ1) is 23.3. The molecule has 0 fully saturated rings. The zero-order valence-corrected chi connectivity index (χ0v) is 19.2. The molecule has 0 aliphatic heterocycles. The molecular formula is C23H27N5O3S. The number of hydrogen-bond acceptors (Lipinski definition) is 6. The fourth-order valence-corrected chi connectivity index (χ4v) is 4.16. The number of unbranched alkanes of at least 4 members (excludes halogenated alkanes) is 1. The summed E-state index contributed by atoms with van der Waals surface area (Å²) in [6.45, 7) is 2.83. The molecule has 0 aliphatic rings. The van der Waals surface area contributed by atoms with Crippen molar-refractivity contribution in [3.8, 4) is 17.1 Å². The van der Waals surface area contributed by atoms with Crippen LogP contribution in [0.15, 0.2) is 59.8 Å². The number of amides is 3. The van der Waals surface area contributed by atoms with E-state index >= 15 is 0 Å². The normalized spacial score (nSPS) is 11.6. The van der Waals surface area contributed by atoms with Gasteiger partial charge >= 0.3 is 6.03 Å². The highest BCUT2D eigenvalue weighted by Gasteiger charge is 2.27. The second kappa shape index (κ2) is 11.3. The lowest BCUT2D eigenvalue weighted by Gasteiger charge is -2.17. The van der Waals surface area contributed by atoms with Crippen LogP contribution in [-0.4, -0.2) is 40.9 Å². The minimum atomic E-state index is -0.665. The third kappa shape index (κ3) is 5.67. The number of urea groups is 1. The fourth-order valence-electron chi connectivity index (χ4n) is 3.09. The van der Waals surface area contributed by atoms with Crippen LogP contribution in [0.5, 0.6) is 5.75 Å². The zero-order valence-electron chi connectivity index (χ0n) is 18.4. The summed E-state index contributed by atoms with van der Waals surface area (Å²) in [4.78, 5) is 24.7. The van der Waals surface area contributed by atoms with Crippen LogP contribution in [-0.2, 0) is 11.3 Å². The lowest BCUT2D eigenvalue weighted by Crippen LogP contribution is -2.39. The molecular weight excluding hydrogens is 426 g/mol. The van der Waals surface area contributed by atoms with Crippen molar-refractivity contribution in [1.82, 2.24) is 25.4 Å².